The molecule has 0 radical (unpaired) electrons. The molecule has 4 N–H and O–H groups in total. The number of anilines is 3. The van der Waals surface area contributed by atoms with Gasteiger partial charge in [0.1, 0.15) is 5.76 Å². The summed E-state index contributed by atoms with van der Waals surface area (Å²) < 4.78 is 14.3. The first-order chi connectivity index (χ1) is 15.5. The number of phenolic OH excluding ortho intramolecular Hbond substituents is 1. The summed E-state index contributed by atoms with van der Waals surface area (Å²) >= 11 is 1.04. The number of furan rings is 1. The summed E-state index contributed by atoms with van der Waals surface area (Å²) in [5.74, 6) is 1.34. The largest absolute Gasteiger partial charge is 0.505 e. The topological polar surface area (TPSA) is 124 Å². The van der Waals surface area contributed by atoms with E-state index in [0.29, 0.717) is 23.9 Å². The number of benzene rings is 1. The number of hydrogen-bond donors (Lipinski definition) is 4. The summed E-state index contributed by atoms with van der Waals surface area (Å²) in [6.45, 7) is 4.49. The highest BCUT2D eigenvalue weighted by molar-refractivity contribution is 6.99. The molecule has 3 heterocycles. The van der Waals surface area contributed by atoms with Crippen molar-refractivity contribution in [3.05, 3.63) is 47.4 Å². The van der Waals surface area contributed by atoms with Crippen molar-refractivity contribution in [3.63, 3.8) is 0 Å². The molecule has 0 saturated carbocycles. The van der Waals surface area contributed by atoms with Crippen LogP contribution in [0.25, 0.3) is 0 Å². The van der Waals surface area contributed by atoms with Crippen LogP contribution < -0.4 is 10.6 Å². The lowest BCUT2D eigenvalue weighted by Crippen LogP contribution is -2.37. The van der Waals surface area contributed by atoms with Gasteiger partial charge in [-0.15, -0.1) is 0 Å². The number of likely N-dealkylation sites (tertiary alicyclic amines) is 1. The van der Waals surface area contributed by atoms with E-state index in [2.05, 4.69) is 19.4 Å². The van der Waals surface area contributed by atoms with Crippen LogP contribution in [-0.2, 0) is 0 Å². The summed E-state index contributed by atoms with van der Waals surface area (Å²) in [6, 6.07) is 6.64. The molecule has 2 aromatic heterocycles. The summed E-state index contributed by atoms with van der Waals surface area (Å²) in [7, 11) is 0. The van der Waals surface area contributed by atoms with Crippen molar-refractivity contribution in [2.75, 3.05) is 23.8 Å². The highest BCUT2D eigenvalue weighted by Gasteiger charge is 2.30. The smallest absolute Gasteiger partial charge is 0.258 e. The Morgan fingerprint density at radius 2 is 2.19 bits per heavy atom. The summed E-state index contributed by atoms with van der Waals surface area (Å²) in [6.07, 6.45) is 4.08. The minimum Gasteiger partial charge on any atom is -0.505 e. The van der Waals surface area contributed by atoms with E-state index in [4.69, 9.17) is 4.42 Å². The number of aliphatic hydroxyl groups is 1. The normalized spacial score (nSPS) is 16.8. The fourth-order valence-electron chi connectivity index (χ4n) is 3.93. The number of aryl methyl sites for hydroxylation is 1. The Morgan fingerprint density at radius 3 is 2.91 bits per heavy atom. The van der Waals surface area contributed by atoms with Crippen molar-refractivity contribution in [2.45, 2.75) is 45.2 Å². The molecule has 10 heteroatoms. The number of aromatic hydroxyl groups is 1. The molecular weight excluding hydrogens is 430 g/mol. The molecule has 1 amide bonds. The van der Waals surface area contributed by atoms with Crippen molar-refractivity contribution in [1.82, 2.24) is 13.6 Å². The van der Waals surface area contributed by atoms with Gasteiger partial charge in [-0.1, -0.05) is 13.0 Å². The Kier molecular flexibility index (Phi) is 6.61. The molecule has 9 nitrogen and oxygen atoms in total. The van der Waals surface area contributed by atoms with Gasteiger partial charge >= 0.3 is 0 Å². The number of rotatable bonds is 8. The van der Waals surface area contributed by atoms with Crippen LogP contribution in [0, 0.1) is 6.92 Å². The van der Waals surface area contributed by atoms with Gasteiger partial charge in [-0.25, -0.2) is 0 Å². The molecule has 4 rings (SSSR count). The monoisotopic (exact) mass is 457 g/mol. The minimum absolute atomic E-state index is 0.0831. The highest BCUT2D eigenvalue weighted by Crippen LogP contribution is 2.35. The predicted molar refractivity (Wildman–Crippen MR) is 123 cm³/mol. The molecule has 2 atom stereocenters. The van der Waals surface area contributed by atoms with Crippen LogP contribution in [0.1, 0.15) is 53.9 Å². The van der Waals surface area contributed by atoms with Gasteiger partial charge < -0.3 is 30.2 Å². The second-order valence-electron chi connectivity index (χ2n) is 7.90. The number of amides is 1. The van der Waals surface area contributed by atoms with Crippen molar-refractivity contribution >= 4 is 35.0 Å². The molecule has 1 aliphatic rings. The molecule has 0 spiro atoms. The van der Waals surface area contributed by atoms with Crippen LogP contribution >= 0.6 is 11.7 Å². The van der Waals surface area contributed by atoms with Gasteiger partial charge in [0.2, 0.25) is 0 Å². The standard InChI is InChI=1S/C22H27N5O4S/c1-3-16(18-10-13(2)12-31-18)23-20-21(26-32-25-20)24-17-8-4-7-15(19(17)29)22(30)27-9-5-6-14(27)11-28/h4,7-8,10,12,14,16,28-29H,3,5-6,9,11H2,1-2H3,(H,23,25)(H,24,26)/t14-,16+/m0/s1. The van der Waals surface area contributed by atoms with Gasteiger partial charge in [-0.2, -0.15) is 8.75 Å². The maximum absolute atomic E-state index is 13.0. The average molecular weight is 458 g/mol. The lowest BCUT2D eigenvalue weighted by atomic mass is 10.1. The van der Waals surface area contributed by atoms with E-state index in [0.717, 1.165) is 42.3 Å². The molecular formula is C22H27N5O4S. The van der Waals surface area contributed by atoms with E-state index in [-0.39, 0.29) is 35.9 Å². The third kappa shape index (κ3) is 4.42. The average Bonchev–Trinajstić information content (AvgIpc) is 3.54. The fraction of sp³-hybridized carbons (Fsp3) is 0.409. The molecule has 3 aromatic rings. The number of nitrogens with zero attached hydrogens (tertiary/aromatic N) is 3. The zero-order valence-electron chi connectivity index (χ0n) is 18.0. The first-order valence-corrected chi connectivity index (χ1v) is 11.4. The Morgan fingerprint density at radius 1 is 1.38 bits per heavy atom. The number of aliphatic hydroxyl groups excluding tert-OH is 1. The maximum atomic E-state index is 13.0. The van der Waals surface area contributed by atoms with Gasteiger partial charge in [0, 0.05) is 6.54 Å². The molecule has 1 saturated heterocycles. The fourth-order valence-corrected chi connectivity index (χ4v) is 4.41. The number of carbonyl (C=O) groups excluding carboxylic acids is 1. The zero-order valence-corrected chi connectivity index (χ0v) is 18.9. The molecule has 0 aliphatic carbocycles. The summed E-state index contributed by atoms with van der Waals surface area (Å²) in [5, 5.41) is 26.8. The zero-order chi connectivity index (χ0) is 22.7. The van der Waals surface area contributed by atoms with Gasteiger partial charge in [0.05, 0.1) is 47.9 Å². The molecule has 32 heavy (non-hydrogen) atoms. The van der Waals surface area contributed by atoms with Gasteiger partial charge in [0.25, 0.3) is 5.91 Å². The van der Waals surface area contributed by atoms with Crippen LogP contribution in [-0.4, -0.2) is 49.0 Å². The quantitative estimate of drug-likeness (QED) is 0.374. The predicted octanol–water partition coefficient (Wildman–Crippen LogP) is 4.05. The molecule has 1 aromatic carbocycles. The number of para-hydroxylation sites is 1. The lowest BCUT2D eigenvalue weighted by Gasteiger charge is -2.24. The first-order valence-electron chi connectivity index (χ1n) is 10.7. The molecule has 0 bridgehead atoms. The van der Waals surface area contributed by atoms with Crippen LogP contribution in [0.2, 0.25) is 0 Å². The van der Waals surface area contributed by atoms with E-state index in [1.165, 1.54) is 0 Å². The lowest BCUT2D eigenvalue weighted by molar-refractivity contribution is 0.0674. The van der Waals surface area contributed by atoms with Crippen molar-refractivity contribution in [2.24, 2.45) is 0 Å². The molecule has 0 unspecified atom stereocenters. The van der Waals surface area contributed by atoms with Gasteiger partial charge in [0.15, 0.2) is 17.4 Å². The Hall–Kier alpha value is -3.11. The van der Waals surface area contributed by atoms with E-state index in [1.807, 2.05) is 19.9 Å². The number of hydrogen-bond acceptors (Lipinski definition) is 9. The van der Waals surface area contributed by atoms with Crippen LogP contribution in [0.4, 0.5) is 17.3 Å². The van der Waals surface area contributed by atoms with Gasteiger partial charge in [-0.3, -0.25) is 4.79 Å². The van der Waals surface area contributed by atoms with Crippen molar-refractivity contribution in [3.8, 4) is 5.75 Å². The minimum atomic E-state index is -0.295. The SMILES string of the molecule is CC[C@@H](Nc1nsnc1Nc1cccc(C(=O)N2CCC[C@H]2CO)c1O)c1cc(C)co1. The van der Waals surface area contributed by atoms with E-state index in [1.54, 1.807) is 29.4 Å². The van der Waals surface area contributed by atoms with Crippen molar-refractivity contribution in [1.29, 1.82) is 0 Å². The Balaban J connectivity index is 1.54. The summed E-state index contributed by atoms with van der Waals surface area (Å²) in [5.41, 5.74) is 1.58. The molecule has 170 valence electrons. The third-order valence-electron chi connectivity index (χ3n) is 5.67. The maximum Gasteiger partial charge on any atom is 0.258 e. The summed E-state index contributed by atoms with van der Waals surface area (Å²) in [4.78, 5) is 14.6. The second kappa shape index (κ2) is 9.58. The Labute approximate surface area is 190 Å². The van der Waals surface area contributed by atoms with Crippen molar-refractivity contribution < 1.29 is 19.4 Å². The molecule has 1 aliphatic heterocycles. The number of phenols is 1. The number of aromatic nitrogens is 2. The van der Waals surface area contributed by atoms with E-state index in [9.17, 15) is 15.0 Å². The van der Waals surface area contributed by atoms with Gasteiger partial charge in [-0.05, 0) is 49.9 Å². The molecule has 1 fully saturated rings. The van der Waals surface area contributed by atoms with E-state index >= 15 is 0 Å². The first kappa shape index (κ1) is 22.1. The van der Waals surface area contributed by atoms with Crippen LogP contribution in [0.5, 0.6) is 5.75 Å². The number of carbonyl (C=O) groups is 1. The van der Waals surface area contributed by atoms with Crippen LogP contribution in [0.3, 0.4) is 0 Å². The van der Waals surface area contributed by atoms with E-state index < -0.39 is 0 Å². The third-order valence-corrected chi connectivity index (χ3v) is 6.20. The van der Waals surface area contributed by atoms with Crippen LogP contribution in [0.15, 0.2) is 34.9 Å². The number of nitrogens with one attached hydrogen (secondary N) is 2. The Bertz CT molecular complexity index is 1080. The second-order valence-corrected chi connectivity index (χ2v) is 8.43. The highest BCUT2D eigenvalue weighted by atomic mass is 32.1.